The Labute approximate surface area is 197 Å². The summed E-state index contributed by atoms with van der Waals surface area (Å²) in [5, 5.41) is 10.6. The number of allylic oxidation sites excluding steroid dienone is 1. The second-order valence-electron chi connectivity index (χ2n) is 7.71. The van der Waals surface area contributed by atoms with Crippen LogP contribution in [0.3, 0.4) is 0 Å². The molecular formula is C26H24ClNO5. The van der Waals surface area contributed by atoms with Crippen molar-refractivity contribution in [2.75, 3.05) is 7.11 Å². The van der Waals surface area contributed by atoms with E-state index in [2.05, 4.69) is 9.72 Å². The Morgan fingerprint density at radius 2 is 1.88 bits per heavy atom. The molecule has 3 rings (SSSR count). The number of aryl methyl sites for hydroxylation is 1. The fourth-order valence-electron chi connectivity index (χ4n) is 3.17. The molecule has 1 N–H and O–H groups in total. The quantitative estimate of drug-likeness (QED) is 0.253. The molecule has 7 heteroatoms. The van der Waals surface area contributed by atoms with Gasteiger partial charge < -0.3 is 14.3 Å². The average molecular weight is 466 g/mol. The zero-order chi connectivity index (χ0) is 24.1. The van der Waals surface area contributed by atoms with Crippen LogP contribution in [0.15, 0.2) is 53.0 Å². The van der Waals surface area contributed by atoms with E-state index < -0.39 is 5.97 Å². The molecule has 6 nitrogen and oxygen atoms in total. The van der Waals surface area contributed by atoms with Gasteiger partial charge in [0.2, 0.25) is 5.89 Å². The third kappa shape index (κ3) is 5.79. The van der Waals surface area contributed by atoms with Crippen LogP contribution in [0.2, 0.25) is 5.02 Å². The zero-order valence-corrected chi connectivity index (χ0v) is 19.5. The molecule has 0 atom stereocenters. The molecule has 0 bridgehead atoms. The molecule has 1 heterocycles. The molecule has 0 radical (unpaired) electrons. The van der Waals surface area contributed by atoms with Crippen LogP contribution in [-0.4, -0.2) is 29.0 Å². The number of ether oxygens (including phenoxy) is 1. The SMILES string of the molecule is COC(=O)/C=C/c1ccc(C(=O)/C=C/c2nc(-c3ccc(Cl)cc3O)oc2C(C)C)cc1C. The van der Waals surface area contributed by atoms with Crippen molar-refractivity contribution in [2.45, 2.75) is 26.7 Å². The first-order chi connectivity index (χ1) is 15.7. The lowest BCUT2D eigenvalue weighted by Crippen LogP contribution is -1.97. The molecule has 170 valence electrons. The van der Waals surface area contributed by atoms with Crippen molar-refractivity contribution >= 4 is 35.5 Å². The Morgan fingerprint density at radius 1 is 1.12 bits per heavy atom. The lowest BCUT2D eigenvalue weighted by molar-refractivity contribution is -0.134. The summed E-state index contributed by atoms with van der Waals surface area (Å²) < 4.78 is 10.5. The monoisotopic (exact) mass is 465 g/mol. The van der Waals surface area contributed by atoms with E-state index in [4.69, 9.17) is 16.0 Å². The summed E-state index contributed by atoms with van der Waals surface area (Å²) in [5.74, 6) is 0.175. The summed E-state index contributed by atoms with van der Waals surface area (Å²) in [6.07, 6.45) is 6.02. The lowest BCUT2D eigenvalue weighted by atomic mass is 10.0. The number of oxazole rings is 1. The summed E-state index contributed by atoms with van der Waals surface area (Å²) >= 11 is 5.91. The Hall–Kier alpha value is -3.64. The van der Waals surface area contributed by atoms with Crippen molar-refractivity contribution in [1.29, 1.82) is 0 Å². The maximum atomic E-state index is 12.8. The Balaban J connectivity index is 1.86. The molecule has 0 spiro atoms. The zero-order valence-electron chi connectivity index (χ0n) is 18.8. The number of phenols is 1. The van der Waals surface area contributed by atoms with E-state index in [0.29, 0.717) is 27.6 Å². The number of phenolic OH excluding ortho intramolecular Hbond substituents is 1. The van der Waals surface area contributed by atoms with Crippen molar-refractivity contribution in [1.82, 2.24) is 4.98 Å². The number of ketones is 1. The number of rotatable bonds is 7. The second-order valence-corrected chi connectivity index (χ2v) is 8.15. The topological polar surface area (TPSA) is 89.6 Å². The molecule has 0 fully saturated rings. The van der Waals surface area contributed by atoms with Crippen LogP contribution in [-0.2, 0) is 9.53 Å². The van der Waals surface area contributed by atoms with E-state index in [0.717, 1.165) is 11.1 Å². The smallest absolute Gasteiger partial charge is 0.330 e. The van der Waals surface area contributed by atoms with E-state index in [1.807, 2.05) is 20.8 Å². The third-order valence-electron chi connectivity index (χ3n) is 4.94. The summed E-state index contributed by atoms with van der Waals surface area (Å²) in [7, 11) is 1.31. The molecule has 0 aliphatic carbocycles. The maximum Gasteiger partial charge on any atom is 0.330 e. The Morgan fingerprint density at radius 3 is 2.52 bits per heavy atom. The van der Waals surface area contributed by atoms with Crippen molar-refractivity contribution in [3.63, 3.8) is 0 Å². The first kappa shape index (κ1) is 24.0. The van der Waals surface area contributed by atoms with Crippen molar-refractivity contribution in [2.24, 2.45) is 0 Å². The Bertz CT molecular complexity index is 1250. The first-order valence-corrected chi connectivity index (χ1v) is 10.7. The van der Waals surface area contributed by atoms with Crippen LogP contribution >= 0.6 is 11.6 Å². The van der Waals surface area contributed by atoms with Gasteiger partial charge in [0.05, 0.1) is 12.7 Å². The fraction of sp³-hybridized carbons (Fsp3) is 0.192. The third-order valence-corrected chi connectivity index (χ3v) is 5.18. The van der Waals surface area contributed by atoms with Crippen LogP contribution in [0.25, 0.3) is 23.6 Å². The second kappa shape index (κ2) is 10.3. The maximum absolute atomic E-state index is 12.8. The van der Waals surface area contributed by atoms with Gasteiger partial charge in [-0.1, -0.05) is 37.6 Å². The normalized spacial score (nSPS) is 11.6. The average Bonchev–Trinajstić information content (AvgIpc) is 3.20. The van der Waals surface area contributed by atoms with Crippen LogP contribution in [0.1, 0.15) is 52.7 Å². The number of hydrogen-bond donors (Lipinski definition) is 1. The summed E-state index contributed by atoms with van der Waals surface area (Å²) in [6.45, 7) is 5.76. The van der Waals surface area contributed by atoms with Gasteiger partial charge in [0.15, 0.2) is 5.78 Å². The Kier molecular flexibility index (Phi) is 7.51. The number of benzene rings is 2. The lowest BCUT2D eigenvalue weighted by Gasteiger charge is -2.03. The number of carbonyl (C=O) groups excluding carboxylic acids is 2. The molecule has 0 aliphatic heterocycles. The summed E-state index contributed by atoms with van der Waals surface area (Å²) in [6, 6.07) is 9.91. The van der Waals surface area contributed by atoms with E-state index >= 15 is 0 Å². The number of halogens is 1. The highest BCUT2D eigenvalue weighted by Crippen LogP contribution is 2.34. The van der Waals surface area contributed by atoms with Gasteiger partial charge in [0.25, 0.3) is 0 Å². The van der Waals surface area contributed by atoms with Gasteiger partial charge in [-0.3, -0.25) is 4.79 Å². The number of carbonyl (C=O) groups is 2. The fourth-order valence-corrected chi connectivity index (χ4v) is 3.34. The highest BCUT2D eigenvalue weighted by molar-refractivity contribution is 6.30. The predicted octanol–water partition coefficient (Wildman–Crippen LogP) is 6.21. The molecule has 0 saturated heterocycles. The number of methoxy groups -OCH3 is 1. The van der Waals surface area contributed by atoms with Gasteiger partial charge in [0.1, 0.15) is 17.2 Å². The van der Waals surface area contributed by atoms with Crippen LogP contribution in [0.4, 0.5) is 0 Å². The van der Waals surface area contributed by atoms with Crippen LogP contribution < -0.4 is 0 Å². The van der Waals surface area contributed by atoms with E-state index in [-0.39, 0.29) is 23.3 Å². The molecule has 0 unspecified atom stereocenters. The molecule has 0 aliphatic rings. The van der Waals surface area contributed by atoms with Gasteiger partial charge in [-0.2, -0.15) is 0 Å². The summed E-state index contributed by atoms with van der Waals surface area (Å²) in [4.78, 5) is 28.5. The summed E-state index contributed by atoms with van der Waals surface area (Å²) in [5.41, 5.74) is 3.09. The van der Waals surface area contributed by atoms with Gasteiger partial charge in [-0.05, 0) is 60.5 Å². The minimum absolute atomic E-state index is 0.0126. The number of nitrogens with zero attached hydrogens (tertiary/aromatic N) is 1. The minimum Gasteiger partial charge on any atom is -0.507 e. The van der Waals surface area contributed by atoms with Crippen molar-refractivity contribution in [3.8, 4) is 17.2 Å². The van der Waals surface area contributed by atoms with Gasteiger partial charge in [-0.25, -0.2) is 9.78 Å². The van der Waals surface area contributed by atoms with E-state index in [1.165, 1.54) is 25.3 Å². The first-order valence-electron chi connectivity index (χ1n) is 10.3. The predicted molar refractivity (Wildman–Crippen MR) is 128 cm³/mol. The standard InChI is InChI=1S/C26H24ClNO5/c1-15(2)25-21(28-26(33-25)20-9-8-19(27)14-23(20)30)10-11-22(29)18-6-5-17(16(3)13-18)7-12-24(31)32-4/h5-15,30H,1-4H3/b11-10+,12-7+. The molecule has 2 aromatic carbocycles. The van der Waals surface area contributed by atoms with E-state index in [9.17, 15) is 14.7 Å². The highest BCUT2D eigenvalue weighted by Gasteiger charge is 2.18. The number of aromatic nitrogens is 1. The molecule has 0 saturated carbocycles. The molecule has 3 aromatic rings. The van der Waals surface area contributed by atoms with Gasteiger partial charge in [0, 0.05) is 22.6 Å². The van der Waals surface area contributed by atoms with E-state index in [1.54, 1.807) is 42.5 Å². The molecule has 33 heavy (non-hydrogen) atoms. The van der Waals surface area contributed by atoms with Crippen molar-refractivity contribution in [3.05, 3.63) is 81.7 Å². The number of esters is 1. The molecular weight excluding hydrogens is 442 g/mol. The van der Waals surface area contributed by atoms with Crippen molar-refractivity contribution < 1.29 is 23.8 Å². The van der Waals surface area contributed by atoms with Gasteiger partial charge in [-0.15, -0.1) is 0 Å². The van der Waals surface area contributed by atoms with Crippen LogP contribution in [0, 0.1) is 6.92 Å². The largest absolute Gasteiger partial charge is 0.507 e. The number of aromatic hydroxyl groups is 1. The highest BCUT2D eigenvalue weighted by atomic mass is 35.5. The minimum atomic E-state index is -0.447. The molecule has 0 amide bonds. The number of hydrogen-bond acceptors (Lipinski definition) is 6. The van der Waals surface area contributed by atoms with Crippen LogP contribution in [0.5, 0.6) is 5.75 Å². The van der Waals surface area contributed by atoms with Gasteiger partial charge >= 0.3 is 5.97 Å². The molecule has 1 aromatic heterocycles.